The number of halogens is 2. The number of phenolic OH excluding ortho intramolecular Hbond substituents is 1. The molecule has 0 aromatic heterocycles. The van der Waals surface area contributed by atoms with E-state index in [2.05, 4.69) is 0 Å². The molecule has 1 aromatic carbocycles. The Bertz CT molecular complexity index is 336. The van der Waals surface area contributed by atoms with Crippen LogP contribution in [-0.4, -0.2) is 10.9 Å². The minimum absolute atomic E-state index is 0.0212. The van der Waals surface area contributed by atoms with E-state index in [0.29, 0.717) is 3.57 Å². The van der Waals surface area contributed by atoms with Gasteiger partial charge in [0.25, 0.3) is 0 Å². The summed E-state index contributed by atoms with van der Waals surface area (Å²) in [5.41, 5.74) is 0.0212. The van der Waals surface area contributed by atoms with Gasteiger partial charge in [0.1, 0.15) is 0 Å². The van der Waals surface area contributed by atoms with Crippen LogP contribution in [0.4, 0.5) is 4.39 Å². The third-order valence-electron chi connectivity index (χ3n) is 1.45. The summed E-state index contributed by atoms with van der Waals surface area (Å²) in [6, 6.07) is 2.86. The van der Waals surface area contributed by atoms with Gasteiger partial charge in [-0.05, 0) is 41.6 Å². The number of ketones is 1. The van der Waals surface area contributed by atoms with Gasteiger partial charge in [-0.25, -0.2) is 4.39 Å². The zero-order chi connectivity index (χ0) is 9.30. The Balaban J connectivity index is 3.36. The van der Waals surface area contributed by atoms with E-state index in [1.807, 2.05) is 0 Å². The smallest absolute Gasteiger partial charge is 0.178 e. The minimum atomic E-state index is -0.733. The second-order valence-electron chi connectivity index (χ2n) is 2.31. The molecule has 0 unspecified atom stereocenters. The van der Waals surface area contributed by atoms with Crippen molar-refractivity contribution < 1.29 is 14.3 Å². The first kappa shape index (κ1) is 9.44. The van der Waals surface area contributed by atoms with Crippen molar-refractivity contribution in [2.45, 2.75) is 6.92 Å². The van der Waals surface area contributed by atoms with Crippen LogP contribution >= 0.6 is 22.6 Å². The predicted molar refractivity (Wildman–Crippen MR) is 50.8 cm³/mol. The van der Waals surface area contributed by atoms with E-state index in [1.165, 1.54) is 19.1 Å². The van der Waals surface area contributed by atoms with Crippen molar-refractivity contribution in [3.05, 3.63) is 27.1 Å². The molecule has 0 saturated carbocycles. The number of Topliss-reactive ketones (excluding diaryl/α,β-unsaturated/α-hetero) is 1. The summed E-state index contributed by atoms with van der Waals surface area (Å²) < 4.78 is 13.2. The molecule has 0 atom stereocenters. The van der Waals surface area contributed by atoms with Gasteiger partial charge >= 0.3 is 0 Å². The van der Waals surface area contributed by atoms with Gasteiger partial charge in [0.15, 0.2) is 17.3 Å². The number of hydrogen-bond acceptors (Lipinski definition) is 2. The predicted octanol–water partition coefficient (Wildman–Crippen LogP) is 2.34. The van der Waals surface area contributed by atoms with Gasteiger partial charge in [-0.2, -0.15) is 0 Å². The van der Waals surface area contributed by atoms with Crippen molar-refractivity contribution in [2.75, 3.05) is 0 Å². The fourth-order valence-corrected chi connectivity index (χ4v) is 1.26. The summed E-state index contributed by atoms with van der Waals surface area (Å²) in [6.45, 7) is 1.28. The highest BCUT2D eigenvalue weighted by molar-refractivity contribution is 14.1. The zero-order valence-electron chi connectivity index (χ0n) is 6.27. The molecule has 12 heavy (non-hydrogen) atoms. The maximum atomic E-state index is 12.9. The van der Waals surface area contributed by atoms with Crippen molar-refractivity contribution in [1.29, 1.82) is 0 Å². The van der Waals surface area contributed by atoms with E-state index in [4.69, 9.17) is 5.11 Å². The maximum Gasteiger partial charge on any atom is 0.178 e. The monoisotopic (exact) mass is 280 g/mol. The molecule has 0 spiro atoms. The first-order valence-electron chi connectivity index (χ1n) is 3.22. The van der Waals surface area contributed by atoms with Crippen LogP contribution in [0.5, 0.6) is 5.75 Å². The number of rotatable bonds is 1. The standard InChI is InChI=1S/C8H6FIO2/c1-4(11)5-2-3-6(10)7(9)8(5)12/h2-3,12H,1H3. The number of phenols is 1. The summed E-state index contributed by atoms with van der Waals surface area (Å²) in [4.78, 5) is 10.8. The van der Waals surface area contributed by atoms with E-state index in [1.54, 1.807) is 22.6 Å². The lowest BCUT2D eigenvalue weighted by Crippen LogP contribution is -1.95. The molecule has 2 nitrogen and oxygen atoms in total. The molecule has 1 N–H and O–H groups in total. The molecule has 0 aliphatic heterocycles. The highest BCUT2D eigenvalue weighted by Gasteiger charge is 2.13. The van der Waals surface area contributed by atoms with Crippen LogP contribution in [0.3, 0.4) is 0 Å². The topological polar surface area (TPSA) is 37.3 Å². The van der Waals surface area contributed by atoms with Crippen LogP contribution in [0.15, 0.2) is 12.1 Å². The lowest BCUT2D eigenvalue weighted by atomic mass is 10.1. The Hall–Kier alpha value is -0.650. The molecule has 0 aliphatic carbocycles. The fraction of sp³-hybridized carbons (Fsp3) is 0.125. The molecule has 4 heteroatoms. The number of carbonyl (C=O) groups excluding carboxylic acids is 1. The minimum Gasteiger partial charge on any atom is -0.504 e. The lowest BCUT2D eigenvalue weighted by molar-refractivity contribution is 0.101. The van der Waals surface area contributed by atoms with Gasteiger partial charge in [-0.15, -0.1) is 0 Å². The number of carbonyl (C=O) groups is 1. The molecule has 64 valence electrons. The van der Waals surface area contributed by atoms with Crippen LogP contribution in [0.25, 0.3) is 0 Å². The highest BCUT2D eigenvalue weighted by atomic mass is 127. The third-order valence-corrected chi connectivity index (χ3v) is 2.28. The quantitative estimate of drug-likeness (QED) is 0.633. The van der Waals surface area contributed by atoms with Crippen LogP contribution in [-0.2, 0) is 0 Å². The summed E-state index contributed by atoms with van der Waals surface area (Å²) in [6.07, 6.45) is 0. The molecule has 0 fully saturated rings. The first-order chi connectivity index (χ1) is 5.54. The number of benzene rings is 1. The molecular formula is C8H6FIO2. The van der Waals surface area contributed by atoms with Gasteiger partial charge in [-0.1, -0.05) is 0 Å². The van der Waals surface area contributed by atoms with E-state index < -0.39 is 11.6 Å². The van der Waals surface area contributed by atoms with E-state index in [0.717, 1.165) is 0 Å². The molecule has 1 aromatic rings. The van der Waals surface area contributed by atoms with Crippen molar-refractivity contribution in [2.24, 2.45) is 0 Å². The number of aromatic hydroxyl groups is 1. The normalized spacial score (nSPS) is 9.92. The van der Waals surface area contributed by atoms with E-state index >= 15 is 0 Å². The molecule has 0 radical (unpaired) electrons. The van der Waals surface area contributed by atoms with Crippen molar-refractivity contribution in [3.63, 3.8) is 0 Å². The average molecular weight is 280 g/mol. The van der Waals surface area contributed by atoms with Gasteiger partial charge in [-0.3, -0.25) is 4.79 Å². The van der Waals surface area contributed by atoms with E-state index in [-0.39, 0.29) is 11.3 Å². The van der Waals surface area contributed by atoms with Crippen LogP contribution in [0.2, 0.25) is 0 Å². The molecule has 0 bridgehead atoms. The summed E-state index contributed by atoms with van der Waals surface area (Å²) >= 11 is 1.74. The molecule has 0 aliphatic rings. The SMILES string of the molecule is CC(=O)c1ccc(I)c(F)c1O. The first-order valence-corrected chi connectivity index (χ1v) is 4.30. The fourth-order valence-electron chi connectivity index (χ4n) is 0.824. The van der Waals surface area contributed by atoms with Gasteiger partial charge in [0.2, 0.25) is 0 Å². The van der Waals surface area contributed by atoms with Gasteiger partial charge in [0, 0.05) is 0 Å². The average Bonchev–Trinajstić information content (AvgIpc) is 2.00. The van der Waals surface area contributed by atoms with Crippen molar-refractivity contribution in [3.8, 4) is 5.75 Å². The van der Waals surface area contributed by atoms with Crippen LogP contribution in [0.1, 0.15) is 17.3 Å². The molecule has 0 saturated heterocycles. The third kappa shape index (κ3) is 1.57. The Morgan fingerprint density at radius 2 is 2.17 bits per heavy atom. The Kier molecular flexibility index (Phi) is 2.66. The zero-order valence-corrected chi connectivity index (χ0v) is 8.42. The van der Waals surface area contributed by atoms with Gasteiger partial charge in [0.05, 0.1) is 9.13 Å². The maximum absolute atomic E-state index is 12.9. The Morgan fingerprint density at radius 1 is 1.58 bits per heavy atom. The second-order valence-corrected chi connectivity index (χ2v) is 3.48. The van der Waals surface area contributed by atoms with Crippen LogP contribution < -0.4 is 0 Å². The molecule has 0 amide bonds. The Morgan fingerprint density at radius 3 is 2.67 bits per heavy atom. The van der Waals surface area contributed by atoms with Crippen molar-refractivity contribution >= 4 is 28.4 Å². The highest BCUT2D eigenvalue weighted by Crippen LogP contribution is 2.25. The second kappa shape index (κ2) is 3.38. The largest absolute Gasteiger partial charge is 0.504 e. The van der Waals surface area contributed by atoms with E-state index in [9.17, 15) is 9.18 Å². The number of hydrogen-bond donors (Lipinski definition) is 1. The summed E-state index contributed by atoms with van der Waals surface area (Å²) in [5.74, 6) is -1.64. The van der Waals surface area contributed by atoms with Crippen LogP contribution in [0, 0.1) is 9.39 Å². The summed E-state index contributed by atoms with van der Waals surface area (Å²) in [7, 11) is 0. The Labute approximate surface area is 82.5 Å². The summed E-state index contributed by atoms with van der Waals surface area (Å²) in [5, 5.41) is 9.15. The molecular weight excluding hydrogens is 274 g/mol. The van der Waals surface area contributed by atoms with Gasteiger partial charge < -0.3 is 5.11 Å². The van der Waals surface area contributed by atoms with Crippen molar-refractivity contribution in [1.82, 2.24) is 0 Å². The molecule has 1 rings (SSSR count). The lowest BCUT2D eigenvalue weighted by Gasteiger charge is -2.02. The molecule has 0 heterocycles.